The molecule has 3 rings (SSSR count). The summed E-state index contributed by atoms with van der Waals surface area (Å²) < 4.78 is 1.24. The van der Waals surface area contributed by atoms with Gasteiger partial charge >= 0.3 is 0 Å². The number of carboxylic acids is 1. The Kier molecular flexibility index (Phi) is 4.57. The van der Waals surface area contributed by atoms with Crippen LogP contribution in [0.2, 0.25) is 0 Å². The number of aromatic nitrogens is 1. The molecule has 3 aromatic rings. The number of hydrogen-bond donors (Lipinski definition) is 0. The van der Waals surface area contributed by atoms with Crippen molar-refractivity contribution in [1.29, 1.82) is 0 Å². The van der Waals surface area contributed by atoms with Crippen molar-refractivity contribution in [3.05, 3.63) is 95.3 Å². The van der Waals surface area contributed by atoms with E-state index in [1.165, 1.54) is 16.8 Å². The van der Waals surface area contributed by atoms with Gasteiger partial charge in [-0.1, -0.05) is 60.7 Å². The molecule has 0 spiro atoms. The lowest BCUT2D eigenvalue weighted by Gasteiger charge is -2.08. The van der Waals surface area contributed by atoms with Crippen LogP contribution < -0.4 is 5.11 Å². The lowest BCUT2D eigenvalue weighted by molar-refractivity contribution is -0.306. The van der Waals surface area contributed by atoms with Crippen molar-refractivity contribution < 1.29 is 19.5 Å². The molecule has 0 atom stereocenters. The van der Waals surface area contributed by atoms with Crippen molar-refractivity contribution in [2.24, 2.45) is 0 Å². The number of benzene rings is 2. The van der Waals surface area contributed by atoms with Crippen LogP contribution in [0.1, 0.15) is 32.0 Å². The average molecular weight is 332 g/mol. The third-order valence-corrected chi connectivity index (χ3v) is 3.76. The van der Waals surface area contributed by atoms with Crippen LogP contribution in [0.3, 0.4) is 0 Å². The molecule has 0 N–H and O–H groups in total. The number of carboxylic acid groups (broad SMARTS) is 1. The van der Waals surface area contributed by atoms with Gasteiger partial charge in [-0.3, -0.25) is 9.59 Å². The van der Waals surface area contributed by atoms with E-state index in [0.29, 0.717) is 11.1 Å². The Bertz CT molecular complexity index is 927. The standard InChI is InChI=1S/C20H15NO4/c22-18(23)13-21-12-16(19(24)14-7-3-1-4-8-14)11-17(21)20(25)15-9-5-2-6-10-15/h1-12H,13H2,(H,22,23)/p-1. The summed E-state index contributed by atoms with van der Waals surface area (Å²) in [6.07, 6.45) is 1.38. The molecule has 25 heavy (non-hydrogen) atoms. The van der Waals surface area contributed by atoms with E-state index >= 15 is 0 Å². The molecule has 2 aromatic carbocycles. The highest BCUT2D eigenvalue weighted by Crippen LogP contribution is 2.17. The van der Waals surface area contributed by atoms with Crippen molar-refractivity contribution in [3.63, 3.8) is 0 Å². The molecule has 5 nitrogen and oxygen atoms in total. The molecule has 1 aromatic heterocycles. The number of ketones is 2. The number of carbonyl (C=O) groups excluding carboxylic acids is 3. The number of aliphatic carboxylic acids is 1. The first-order valence-electron chi connectivity index (χ1n) is 7.66. The Morgan fingerprint density at radius 3 is 1.80 bits per heavy atom. The monoisotopic (exact) mass is 332 g/mol. The van der Waals surface area contributed by atoms with Gasteiger partial charge in [-0.05, 0) is 6.07 Å². The minimum absolute atomic E-state index is 0.134. The zero-order valence-corrected chi connectivity index (χ0v) is 13.2. The fraction of sp³-hybridized carbons (Fsp3) is 0.0500. The van der Waals surface area contributed by atoms with Gasteiger partial charge in [0.25, 0.3) is 0 Å². The molecule has 1 heterocycles. The van der Waals surface area contributed by atoms with Crippen molar-refractivity contribution in [3.8, 4) is 0 Å². The van der Waals surface area contributed by atoms with Gasteiger partial charge in [-0.25, -0.2) is 0 Å². The molecule has 0 aliphatic carbocycles. The summed E-state index contributed by atoms with van der Waals surface area (Å²) in [4.78, 5) is 36.2. The van der Waals surface area contributed by atoms with Gasteiger partial charge in [-0.2, -0.15) is 0 Å². The SMILES string of the molecule is O=C([O-])Cn1cc(C(=O)c2ccccc2)cc1C(=O)c1ccccc1. The molecule has 0 bridgehead atoms. The molecule has 5 heteroatoms. The Labute approximate surface area is 144 Å². The molecule has 0 aliphatic rings. The van der Waals surface area contributed by atoms with Crippen LogP contribution in [0.25, 0.3) is 0 Å². The van der Waals surface area contributed by atoms with Gasteiger partial charge in [0.1, 0.15) is 0 Å². The second kappa shape index (κ2) is 6.97. The summed E-state index contributed by atoms with van der Waals surface area (Å²) in [5, 5.41) is 11.0. The van der Waals surface area contributed by atoms with Crippen LogP contribution in [-0.2, 0) is 11.3 Å². The Hall–Kier alpha value is -3.47. The zero-order chi connectivity index (χ0) is 17.8. The maximum absolute atomic E-state index is 12.7. The lowest BCUT2D eigenvalue weighted by atomic mass is 10.0. The quantitative estimate of drug-likeness (QED) is 0.644. The number of hydrogen-bond acceptors (Lipinski definition) is 4. The van der Waals surface area contributed by atoms with Gasteiger partial charge in [0.05, 0.1) is 18.2 Å². The van der Waals surface area contributed by atoms with E-state index in [4.69, 9.17) is 0 Å². The lowest BCUT2D eigenvalue weighted by Crippen LogP contribution is -2.28. The second-order valence-electron chi connectivity index (χ2n) is 5.50. The maximum Gasteiger partial charge on any atom is 0.209 e. The molecule has 0 unspecified atom stereocenters. The highest BCUT2D eigenvalue weighted by atomic mass is 16.4. The molecule has 124 valence electrons. The topological polar surface area (TPSA) is 79.2 Å². The molecule has 0 saturated heterocycles. The summed E-state index contributed by atoms with van der Waals surface area (Å²) in [7, 11) is 0. The Balaban J connectivity index is 2.02. The van der Waals surface area contributed by atoms with E-state index < -0.39 is 12.5 Å². The van der Waals surface area contributed by atoms with Crippen LogP contribution in [0.15, 0.2) is 72.9 Å². The molecule has 0 fully saturated rings. The van der Waals surface area contributed by atoms with E-state index in [2.05, 4.69) is 0 Å². The van der Waals surface area contributed by atoms with Crippen molar-refractivity contribution in [1.82, 2.24) is 4.57 Å². The minimum Gasteiger partial charge on any atom is -0.548 e. The third kappa shape index (κ3) is 3.55. The van der Waals surface area contributed by atoms with Crippen LogP contribution >= 0.6 is 0 Å². The van der Waals surface area contributed by atoms with Crippen LogP contribution in [0.5, 0.6) is 0 Å². The highest BCUT2D eigenvalue weighted by Gasteiger charge is 2.19. The van der Waals surface area contributed by atoms with E-state index in [-0.39, 0.29) is 22.8 Å². The number of rotatable bonds is 6. The first-order valence-corrected chi connectivity index (χ1v) is 7.66. The van der Waals surface area contributed by atoms with E-state index in [1.54, 1.807) is 60.7 Å². The second-order valence-corrected chi connectivity index (χ2v) is 5.50. The van der Waals surface area contributed by atoms with E-state index in [9.17, 15) is 19.5 Å². The van der Waals surface area contributed by atoms with Gasteiger partial charge in [0, 0.05) is 22.9 Å². The van der Waals surface area contributed by atoms with Crippen LogP contribution in [-0.4, -0.2) is 22.1 Å². The fourth-order valence-electron chi connectivity index (χ4n) is 2.59. The summed E-state index contributed by atoms with van der Waals surface area (Å²) in [6.45, 7) is -0.504. The summed E-state index contributed by atoms with van der Waals surface area (Å²) >= 11 is 0. The van der Waals surface area contributed by atoms with Crippen LogP contribution in [0, 0.1) is 0 Å². The van der Waals surface area contributed by atoms with Crippen molar-refractivity contribution in [2.75, 3.05) is 0 Å². The third-order valence-electron chi connectivity index (χ3n) is 3.76. The minimum atomic E-state index is -1.34. The molecular weight excluding hydrogens is 318 g/mol. The molecule has 0 aliphatic heterocycles. The molecule has 0 radical (unpaired) electrons. The van der Waals surface area contributed by atoms with Crippen LogP contribution in [0.4, 0.5) is 0 Å². The largest absolute Gasteiger partial charge is 0.548 e. The fourth-order valence-corrected chi connectivity index (χ4v) is 2.59. The summed E-state index contributed by atoms with van der Waals surface area (Å²) in [5.41, 5.74) is 1.27. The summed E-state index contributed by atoms with van der Waals surface area (Å²) in [5.74, 6) is -1.97. The van der Waals surface area contributed by atoms with Gasteiger partial charge in [0.2, 0.25) is 5.78 Å². The number of nitrogens with zero attached hydrogens (tertiary/aromatic N) is 1. The predicted molar refractivity (Wildman–Crippen MR) is 89.2 cm³/mol. The van der Waals surface area contributed by atoms with Gasteiger partial charge in [-0.15, -0.1) is 0 Å². The first-order chi connectivity index (χ1) is 12.1. The van der Waals surface area contributed by atoms with E-state index in [1.807, 2.05) is 0 Å². The summed E-state index contributed by atoms with van der Waals surface area (Å²) in [6, 6.07) is 18.5. The molecular formula is C20H14NO4-. The first kappa shape index (κ1) is 16.4. The van der Waals surface area contributed by atoms with Crippen molar-refractivity contribution >= 4 is 17.5 Å². The smallest absolute Gasteiger partial charge is 0.209 e. The van der Waals surface area contributed by atoms with Crippen molar-refractivity contribution in [2.45, 2.75) is 6.54 Å². The van der Waals surface area contributed by atoms with E-state index in [0.717, 1.165) is 0 Å². The predicted octanol–water partition coefficient (Wildman–Crippen LogP) is 1.70. The Morgan fingerprint density at radius 1 is 0.760 bits per heavy atom. The highest BCUT2D eigenvalue weighted by molar-refractivity contribution is 6.13. The maximum atomic E-state index is 12.7. The molecule has 0 amide bonds. The number of carbonyl (C=O) groups is 3. The Morgan fingerprint density at radius 2 is 1.28 bits per heavy atom. The average Bonchev–Trinajstić information content (AvgIpc) is 3.05. The van der Waals surface area contributed by atoms with Gasteiger partial charge in [0.15, 0.2) is 5.78 Å². The normalized spacial score (nSPS) is 10.4. The molecule has 0 saturated carbocycles. The zero-order valence-electron chi connectivity index (χ0n) is 13.2. The van der Waals surface area contributed by atoms with Gasteiger partial charge < -0.3 is 14.5 Å².